The van der Waals surface area contributed by atoms with E-state index in [-0.39, 0.29) is 0 Å². The highest BCUT2D eigenvalue weighted by Crippen LogP contribution is 2.08. The molecule has 0 spiro atoms. The summed E-state index contributed by atoms with van der Waals surface area (Å²) >= 11 is 0. The van der Waals surface area contributed by atoms with Crippen LogP contribution in [0.4, 0.5) is 0 Å². The molecule has 1 aliphatic heterocycles. The second kappa shape index (κ2) is 6.32. The van der Waals surface area contributed by atoms with Gasteiger partial charge in [0.15, 0.2) is 0 Å². The van der Waals surface area contributed by atoms with Gasteiger partial charge in [-0.15, -0.1) is 0 Å². The first-order valence-electron chi connectivity index (χ1n) is 4.83. The average Bonchev–Trinajstić information content (AvgIpc) is 2.08. The molecule has 0 bridgehead atoms. The Hall–Kier alpha value is -0.400. The summed E-state index contributed by atoms with van der Waals surface area (Å²) in [6.45, 7) is 1.92. The Bertz CT molecular complexity index is 98.1. The predicted octanol–water partition coefficient (Wildman–Crippen LogP) is 3.18. The molecular weight excluding hydrogens is 136 g/mol. The van der Waals surface area contributed by atoms with Crippen LogP contribution in [0.5, 0.6) is 0 Å². The summed E-state index contributed by atoms with van der Waals surface area (Å²) in [4.78, 5) is 0. The average molecular weight is 154 g/mol. The first kappa shape index (κ1) is 8.69. The van der Waals surface area contributed by atoms with E-state index < -0.39 is 0 Å². The smallest absolute Gasteiger partial charge is 0.0598 e. The van der Waals surface area contributed by atoms with Gasteiger partial charge in [0.25, 0.3) is 0 Å². The molecule has 0 aromatic carbocycles. The molecule has 0 atom stereocenters. The predicted molar refractivity (Wildman–Crippen MR) is 46.9 cm³/mol. The fraction of sp³-hybridized carbons (Fsp3) is 1.00. The van der Waals surface area contributed by atoms with Gasteiger partial charge in [-0.2, -0.15) is 10.2 Å². The van der Waals surface area contributed by atoms with Crippen LogP contribution < -0.4 is 0 Å². The van der Waals surface area contributed by atoms with Crippen molar-refractivity contribution in [3.8, 4) is 0 Å². The third-order valence-corrected chi connectivity index (χ3v) is 2.12. The molecule has 64 valence electrons. The van der Waals surface area contributed by atoms with Gasteiger partial charge in [0, 0.05) is 0 Å². The third kappa shape index (κ3) is 4.93. The fourth-order valence-corrected chi connectivity index (χ4v) is 1.39. The van der Waals surface area contributed by atoms with Gasteiger partial charge in [-0.25, -0.2) is 0 Å². The van der Waals surface area contributed by atoms with Crippen molar-refractivity contribution in [1.82, 2.24) is 0 Å². The van der Waals surface area contributed by atoms with Crippen molar-refractivity contribution in [3.05, 3.63) is 0 Å². The summed E-state index contributed by atoms with van der Waals surface area (Å²) in [7, 11) is 0. The Morgan fingerprint density at radius 2 is 0.818 bits per heavy atom. The molecule has 0 aromatic rings. The van der Waals surface area contributed by atoms with Gasteiger partial charge < -0.3 is 0 Å². The van der Waals surface area contributed by atoms with Crippen LogP contribution in [0.3, 0.4) is 0 Å². The summed E-state index contributed by atoms with van der Waals surface area (Å²) < 4.78 is 0. The van der Waals surface area contributed by atoms with Crippen molar-refractivity contribution < 1.29 is 0 Å². The van der Waals surface area contributed by atoms with E-state index in [4.69, 9.17) is 0 Å². The van der Waals surface area contributed by atoms with Crippen LogP contribution in [0.25, 0.3) is 0 Å². The van der Waals surface area contributed by atoms with E-state index in [9.17, 15) is 0 Å². The molecular formula is C9H18N2. The monoisotopic (exact) mass is 154 g/mol. The van der Waals surface area contributed by atoms with E-state index in [1.165, 1.54) is 44.9 Å². The maximum atomic E-state index is 4.10. The molecule has 2 nitrogen and oxygen atoms in total. The Labute approximate surface area is 69.1 Å². The van der Waals surface area contributed by atoms with E-state index in [1.54, 1.807) is 0 Å². The molecule has 0 saturated heterocycles. The van der Waals surface area contributed by atoms with Crippen molar-refractivity contribution >= 4 is 0 Å². The Kier molecular flexibility index (Phi) is 4.99. The van der Waals surface area contributed by atoms with Gasteiger partial charge in [-0.1, -0.05) is 32.1 Å². The highest BCUT2D eigenvalue weighted by molar-refractivity contribution is 4.51. The zero-order chi connectivity index (χ0) is 7.78. The van der Waals surface area contributed by atoms with Crippen molar-refractivity contribution in [2.75, 3.05) is 13.1 Å². The molecule has 2 heteroatoms. The maximum Gasteiger partial charge on any atom is 0.0598 e. The van der Waals surface area contributed by atoms with Crippen molar-refractivity contribution in [1.29, 1.82) is 0 Å². The summed E-state index contributed by atoms with van der Waals surface area (Å²) in [6.07, 6.45) is 9.39. The van der Waals surface area contributed by atoms with E-state index in [2.05, 4.69) is 10.2 Å². The molecule has 1 rings (SSSR count). The molecule has 0 amide bonds. The van der Waals surface area contributed by atoms with Gasteiger partial charge in [0.05, 0.1) is 13.1 Å². The topological polar surface area (TPSA) is 24.7 Å². The first-order chi connectivity index (χ1) is 5.50. The normalized spacial score (nSPS) is 25.5. The van der Waals surface area contributed by atoms with Gasteiger partial charge in [-0.3, -0.25) is 0 Å². The molecule has 0 fully saturated rings. The molecule has 0 saturated carbocycles. The van der Waals surface area contributed by atoms with Crippen LogP contribution in [-0.2, 0) is 0 Å². The number of rotatable bonds is 0. The lowest BCUT2D eigenvalue weighted by Crippen LogP contribution is -1.81. The van der Waals surface area contributed by atoms with Gasteiger partial charge in [-0.05, 0) is 12.8 Å². The molecule has 0 unspecified atom stereocenters. The molecule has 1 aliphatic rings. The minimum absolute atomic E-state index is 0.958. The molecule has 0 aliphatic carbocycles. The van der Waals surface area contributed by atoms with E-state index in [0.717, 1.165) is 13.1 Å². The summed E-state index contributed by atoms with van der Waals surface area (Å²) in [6, 6.07) is 0. The van der Waals surface area contributed by atoms with E-state index in [0.29, 0.717) is 0 Å². The minimum atomic E-state index is 0.958. The van der Waals surface area contributed by atoms with E-state index >= 15 is 0 Å². The lowest BCUT2D eigenvalue weighted by atomic mass is 10.1. The van der Waals surface area contributed by atoms with Gasteiger partial charge in [0.1, 0.15) is 0 Å². The van der Waals surface area contributed by atoms with Crippen LogP contribution in [-0.4, -0.2) is 13.1 Å². The first-order valence-corrected chi connectivity index (χ1v) is 4.83. The lowest BCUT2D eigenvalue weighted by molar-refractivity contribution is 0.596. The number of hydrogen-bond acceptors (Lipinski definition) is 2. The maximum absolute atomic E-state index is 4.10. The fourth-order valence-electron chi connectivity index (χ4n) is 1.39. The van der Waals surface area contributed by atoms with Crippen LogP contribution >= 0.6 is 0 Å². The van der Waals surface area contributed by atoms with Crippen LogP contribution in [0.1, 0.15) is 44.9 Å². The summed E-state index contributed by atoms with van der Waals surface area (Å²) in [5.74, 6) is 0. The molecule has 11 heavy (non-hydrogen) atoms. The minimum Gasteiger partial charge on any atom is -0.194 e. The molecule has 0 aromatic heterocycles. The number of azo groups is 1. The molecule has 0 N–H and O–H groups in total. The second-order valence-electron chi connectivity index (χ2n) is 3.20. The third-order valence-electron chi connectivity index (χ3n) is 2.12. The van der Waals surface area contributed by atoms with Gasteiger partial charge in [0.2, 0.25) is 0 Å². The zero-order valence-corrected chi connectivity index (χ0v) is 7.26. The van der Waals surface area contributed by atoms with Gasteiger partial charge >= 0.3 is 0 Å². The number of nitrogens with zero attached hydrogens (tertiary/aromatic N) is 2. The van der Waals surface area contributed by atoms with Crippen LogP contribution in [0, 0.1) is 0 Å². The second-order valence-corrected chi connectivity index (χ2v) is 3.20. The highest BCUT2D eigenvalue weighted by atomic mass is 15.1. The van der Waals surface area contributed by atoms with Crippen molar-refractivity contribution in [2.45, 2.75) is 44.9 Å². The van der Waals surface area contributed by atoms with Crippen molar-refractivity contribution in [3.63, 3.8) is 0 Å². The van der Waals surface area contributed by atoms with E-state index in [1.807, 2.05) is 0 Å². The lowest BCUT2D eigenvalue weighted by Gasteiger charge is -1.96. The standard InChI is InChI=1S/C9H18N2/c1-2-4-6-8-10-11-9-7-5-3-1/h1-9H2/b11-10-. The Balaban J connectivity index is 2.11. The Morgan fingerprint density at radius 3 is 1.27 bits per heavy atom. The highest BCUT2D eigenvalue weighted by Gasteiger charge is 1.93. The van der Waals surface area contributed by atoms with Crippen LogP contribution in [0.15, 0.2) is 10.2 Å². The quantitative estimate of drug-likeness (QED) is 0.512. The number of hydrogen-bond donors (Lipinski definition) is 0. The van der Waals surface area contributed by atoms with Crippen LogP contribution in [0.2, 0.25) is 0 Å². The molecule has 0 radical (unpaired) electrons. The summed E-state index contributed by atoms with van der Waals surface area (Å²) in [5.41, 5.74) is 0. The zero-order valence-electron chi connectivity index (χ0n) is 7.26. The van der Waals surface area contributed by atoms with Crippen molar-refractivity contribution in [2.24, 2.45) is 10.2 Å². The summed E-state index contributed by atoms with van der Waals surface area (Å²) in [5, 5.41) is 8.20. The largest absolute Gasteiger partial charge is 0.194 e. The Morgan fingerprint density at radius 1 is 0.455 bits per heavy atom. The molecule has 1 heterocycles. The SMILES string of the molecule is C1CCCC/N=N\CCCC1.